The molecule has 6 nitrogen and oxygen atoms in total. The molecule has 0 spiro atoms. The summed E-state index contributed by atoms with van der Waals surface area (Å²) in [7, 11) is 0. The van der Waals surface area contributed by atoms with E-state index in [0.29, 0.717) is 42.7 Å². The molecule has 24 heavy (non-hydrogen) atoms. The third kappa shape index (κ3) is 4.12. The van der Waals surface area contributed by atoms with E-state index in [4.69, 9.17) is 21.1 Å². The van der Waals surface area contributed by atoms with Gasteiger partial charge in [0.15, 0.2) is 11.5 Å². The topological polar surface area (TPSA) is 67.9 Å². The third-order valence-electron chi connectivity index (χ3n) is 4.14. The van der Waals surface area contributed by atoms with Crippen LogP contribution in [0.1, 0.15) is 24.8 Å². The molecule has 0 aliphatic carbocycles. The third-order valence-corrected chi connectivity index (χ3v) is 4.42. The van der Waals surface area contributed by atoms with Crippen LogP contribution in [0, 0.1) is 0 Å². The van der Waals surface area contributed by atoms with Gasteiger partial charge in [-0.2, -0.15) is 0 Å². The van der Waals surface area contributed by atoms with Crippen LogP contribution >= 0.6 is 11.6 Å². The number of likely N-dealkylation sites (tertiary alicyclic amines) is 1. The number of hydrogen-bond donors (Lipinski definition) is 1. The van der Waals surface area contributed by atoms with E-state index in [1.165, 1.54) is 0 Å². The number of amides is 2. The minimum atomic E-state index is -0.142. The van der Waals surface area contributed by atoms with Gasteiger partial charge in [-0.25, -0.2) is 0 Å². The summed E-state index contributed by atoms with van der Waals surface area (Å²) < 4.78 is 11.0. The molecule has 1 fully saturated rings. The summed E-state index contributed by atoms with van der Waals surface area (Å²) >= 11 is 6.16. The van der Waals surface area contributed by atoms with E-state index in [1.54, 1.807) is 12.1 Å². The van der Waals surface area contributed by atoms with Crippen molar-refractivity contribution in [1.29, 1.82) is 0 Å². The lowest BCUT2D eigenvalue weighted by atomic mass is 10.1. The number of nitrogens with one attached hydrogen (secondary N) is 1. The smallest absolute Gasteiger partial charge is 0.224 e. The van der Waals surface area contributed by atoms with Crippen LogP contribution in [0.2, 0.25) is 5.02 Å². The Morgan fingerprint density at radius 1 is 1.17 bits per heavy atom. The Bertz CT molecular complexity index is 629. The van der Waals surface area contributed by atoms with E-state index >= 15 is 0 Å². The van der Waals surface area contributed by atoms with Crippen molar-refractivity contribution in [2.75, 3.05) is 32.8 Å². The number of halogens is 1. The Hall–Kier alpha value is -1.95. The summed E-state index contributed by atoms with van der Waals surface area (Å²) in [5.41, 5.74) is 0.757. The minimum absolute atomic E-state index is 0.107. The molecule has 0 saturated carbocycles. The molecular formula is C17H21ClN2O4. The molecule has 0 atom stereocenters. The lowest BCUT2D eigenvalue weighted by Gasteiger charge is -2.20. The van der Waals surface area contributed by atoms with Crippen molar-refractivity contribution in [2.45, 2.75) is 25.7 Å². The second-order valence-corrected chi connectivity index (χ2v) is 6.37. The predicted molar refractivity (Wildman–Crippen MR) is 89.6 cm³/mol. The van der Waals surface area contributed by atoms with Crippen LogP contribution in [0.4, 0.5) is 0 Å². The summed E-state index contributed by atoms with van der Waals surface area (Å²) in [6, 6.07) is 3.49. The Labute approximate surface area is 146 Å². The second-order valence-electron chi connectivity index (χ2n) is 5.97. The predicted octanol–water partition coefficient (Wildman–Crippen LogP) is 1.78. The Kier molecular flexibility index (Phi) is 5.45. The monoisotopic (exact) mass is 352 g/mol. The summed E-state index contributed by atoms with van der Waals surface area (Å²) in [6.45, 7) is 2.96. The van der Waals surface area contributed by atoms with E-state index in [9.17, 15) is 9.59 Å². The SMILES string of the molecule is O=C(Cc1cc(Cl)c2c(c1)OCCO2)NCCC(=O)N1CCCC1. The van der Waals surface area contributed by atoms with Gasteiger partial charge in [-0.3, -0.25) is 9.59 Å². The highest BCUT2D eigenvalue weighted by Crippen LogP contribution is 2.38. The normalized spacial score (nSPS) is 16.1. The van der Waals surface area contributed by atoms with Crippen LogP contribution in [0.3, 0.4) is 0 Å². The van der Waals surface area contributed by atoms with Crippen molar-refractivity contribution in [3.8, 4) is 11.5 Å². The highest BCUT2D eigenvalue weighted by Gasteiger charge is 2.19. The highest BCUT2D eigenvalue weighted by molar-refractivity contribution is 6.32. The van der Waals surface area contributed by atoms with Gasteiger partial charge in [-0.05, 0) is 30.5 Å². The number of rotatable bonds is 5. The number of hydrogen-bond acceptors (Lipinski definition) is 4. The first-order chi connectivity index (χ1) is 11.6. The van der Waals surface area contributed by atoms with Crippen LogP contribution in [-0.4, -0.2) is 49.6 Å². The summed E-state index contributed by atoms with van der Waals surface area (Å²) in [4.78, 5) is 25.8. The molecule has 0 aromatic heterocycles. The molecule has 130 valence electrons. The fourth-order valence-corrected chi connectivity index (χ4v) is 3.24. The van der Waals surface area contributed by atoms with Gasteiger partial charge in [0.25, 0.3) is 0 Å². The zero-order valence-corrected chi connectivity index (χ0v) is 14.2. The molecule has 1 saturated heterocycles. The van der Waals surface area contributed by atoms with Crippen molar-refractivity contribution in [2.24, 2.45) is 0 Å². The van der Waals surface area contributed by atoms with Crippen molar-refractivity contribution in [3.05, 3.63) is 22.7 Å². The fourth-order valence-electron chi connectivity index (χ4n) is 2.95. The van der Waals surface area contributed by atoms with Gasteiger partial charge < -0.3 is 19.7 Å². The number of ether oxygens (including phenoxy) is 2. The lowest BCUT2D eigenvalue weighted by molar-refractivity contribution is -0.130. The van der Waals surface area contributed by atoms with Gasteiger partial charge in [-0.15, -0.1) is 0 Å². The van der Waals surface area contributed by atoms with Crippen molar-refractivity contribution in [1.82, 2.24) is 10.2 Å². The van der Waals surface area contributed by atoms with Crippen LogP contribution in [0.25, 0.3) is 0 Å². The maximum absolute atomic E-state index is 12.0. The molecule has 2 aliphatic rings. The molecule has 1 N–H and O–H groups in total. The van der Waals surface area contributed by atoms with Gasteiger partial charge in [0, 0.05) is 26.1 Å². The van der Waals surface area contributed by atoms with E-state index < -0.39 is 0 Å². The standard InChI is InChI=1S/C17H21ClN2O4/c18-13-9-12(10-14-17(13)24-8-7-23-14)11-15(21)19-4-3-16(22)20-5-1-2-6-20/h9-10H,1-8,11H2,(H,19,21). The number of nitrogens with zero attached hydrogens (tertiary/aromatic N) is 1. The average molecular weight is 353 g/mol. The molecule has 2 amide bonds. The minimum Gasteiger partial charge on any atom is -0.486 e. The second kappa shape index (κ2) is 7.75. The van der Waals surface area contributed by atoms with E-state index in [-0.39, 0.29) is 18.2 Å². The van der Waals surface area contributed by atoms with Crippen LogP contribution in [0.5, 0.6) is 11.5 Å². The molecule has 1 aromatic rings. The Morgan fingerprint density at radius 3 is 2.71 bits per heavy atom. The maximum Gasteiger partial charge on any atom is 0.224 e. The Morgan fingerprint density at radius 2 is 1.92 bits per heavy atom. The van der Waals surface area contributed by atoms with Crippen molar-refractivity contribution in [3.63, 3.8) is 0 Å². The fraction of sp³-hybridized carbons (Fsp3) is 0.529. The molecule has 3 rings (SSSR count). The van der Waals surface area contributed by atoms with Crippen LogP contribution < -0.4 is 14.8 Å². The zero-order valence-electron chi connectivity index (χ0n) is 13.5. The van der Waals surface area contributed by atoms with Gasteiger partial charge in [0.05, 0.1) is 11.4 Å². The maximum atomic E-state index is 12.0. The first kappa shape index (κ1) is 16.9. The number of benzene rings is 1. The first-order valence-corrected chi connectivity index (χ1v) is 8.64. The van der Waals surface area contributed by atoms with Gasteiger partial charge in [0.2, 0.25) is 11.8 Å². The lowest BCUT2D eigenvalue weighted by Crippen LogP contribution is -2.33. The zero-order chi connectivity index (χ0) is 16.9. The van der Waals surface area contributed by atoms with Gasteiger partial charge >= 0.3 is 0 Å². The van der Waals surface area contributed by atoms with Crippen LogP contribution in [-0.2, 0) is 16.0 Å². The number of fused-ring (bicyclic) bond motifs is 1. The first-order valence-electron chi connectivity index (χ1n) is 8.26. The highest BCUT2D eigenvalue weighted by atomic mass is 35.5. The summed E-state index contributed by atoms with van der Waals surface area (Å²) in [5.74, 6) is 1.07. The molecule has 2 heterocycles. The quantitative estimate of drug-likeness (QED) is 0.877. The summed E-state index contributed by atoms with van der Waals surface area (Å²) in [5, 5.41) is 3.23. The Balaban J connectivity index is 1.48. The van der Waals surface area contributed by atoms with E-state index in [2.05, 4.69) is 5.32 Å². The van der Waals surface area contributed by atoms with Gasteiger partial charge in [0.1, 0.15) is 13.2 Å². The summed E-state index contributed by atoms with van der Waals surface area (Å²) in [6.07, 6.45) is 2.67. The molecule has 0 unspecified atom stereocenters. The molecule has 1 aromatic carbocycles. The largest absolute Gasteiger partial charge is 0.486 e. The number of carbonyl (C=O) groups is 2. The van der Waals surface area contributed by atoms with Crippen molar-refractivity contribution >= 4 is 23.4 Å². The van der Waals surface area contributed by atoms with Crippen molar-refractivity contribution < 1.29 is 19.1 Å². The average Bonchev–Trinajstić information content (AvgIpc) is 3.09. The van der Waals surface area contributed by atoms with E-state index in [1.807, 2.05) is 4.90 Å². The molecule has 2 aliphatic heterocycles. The molecule has 7 heteroatoms. The molecule has 0 radical (unpaired) electrons. The van der Waals surface area contributed by atoms with Crippen LogP contribution in [0.15, 0.2) is 12.1 Å². The van der Waals surface area contributed by atoms with Gasteiger partial charge in [-0.1, -0.05) is 11.6 Å². The molecule has 0 bridgehead atoms. The van der Waals surface area contributed by atoms with E-state index in [0.717, 1.165) is 31.5 Å². The molecular weight excluding hydrogens is 332 g/mol. The number of carbonyl (C=O) groups excluding carboxylic acids is 2.